The van der Waals surface area contributed by atoms with Gasteiger partial charge in [-0.1, -0.05) is 13.8 Å². The van der Waals surface area contributed by atoms with E-state index in [4.69, 9.17) is 4.74 Å². The van der Waals surface area contributed by atoms with Gasteiger partial charge in [-0.3, -0.25) is 9.78 Å². The summed E-state index contributed by atoms with van der Waals surface area (Å²) in [4.78, 5) is 15.3. The van der Waals surface area contributed by atoms with Crippen LogP contribution in [-0.4, -0.2) is 23.2 Å². The van der Waals surface area contributed by atoms with E-state index in [1.807, 2.05) is 13.8 Å². The predicted molar refractivity (Wildman–Crippen MR) is 60.6 cm³/mol. The van der Waals surface area contributed by atoms with Crippen molar-refractivity contribution in [2.75, 3.05) is 7.11 Å². The molecule has 0 bridgehead atoms. The molecule has 0 aliphatic carbocycles. The van der Waals surface area contributed by atoms with Crippen LogP contribution in [0.4, 0.5) is 0 Å². The smallest absolute Gasteiger partial charge is 0.312 e. The molecule has 0 spiro atoms. The highest BCUT2D eigenvalue weighted by atomic mass is 16.5. The Balaban J connectivity index is 3.05. The second-order valence-corrected chi connectivity index (χ2v) is 4.11. The number of hydrogen-bond acceptors (Lipinski definition) is 3. The lowest BCUT2D eigenvalue weighted by Crippen LogP contribution is -2.16. The van der Waals surface area contributed by atoms with Crippen LogP contribution in [0.3, 0.4) is 0 Å². The normalized spacial score (nSPS) is 12.5. The Morgan fingerprint density at radius 3 is 2.75 bits per heavy atom. The first-order valence-electron chi connectivity index (χ1n) is 5.28. The fraction of sp³-hybridized carbons (Fsp3) is 0.500. The Hall–Kier alpha value is -1.58. The van der Waals surface area contributed by atoms with Gasteiger partial charge < -0.3 is 9.84 Å². The Labute approximate surface area is 95.3 Å². The molecule has 16 heavy (non-hydrogen) atoms. The minimum Gasteiger partial charge on any atom is -0.495 e. The summed E-state index contributed by atoms with van der Waals surface area (Å²) in [6.07, 6.45) is 2.15. The van der Waals surface area contributed by atoms with Gasteiger partial charge in [-0.15, -0.1) is 0 Å². The minimum atomic E-state index is -0.856. The number of carboxylic acids is 1. The van der Waals surface area contributed by atoms with Crippen LogP contribution in [-0.2, 0) is 4.79 Å². The fourth-order valence-corrected chi connectivity index (χ4v) is 1.64. The molecule has 0 saturated carbocycles. The van der Waals surface area contributed by atoms with Crippen LogP contribution >= 0.6 is 0 Å². The van der Waals surface area contributed by atoms with Crippen molar-refractivity contribution < 1.29 is 14.6 Å². The maximum Gasteiger partial charge on any atom is 0.312 e. The number of rotatable bonds is 5. The highest BCUT2D eigenvalue weighted by molar-refractivity contribution is 5.76. The average molecular weight is 223 g/mol. The largest absolute Gasteiger partial charge is 0.495 e. The second kappa shape index (κ2) is 5.49. The van der Waals surface area contributed by atoms with Gasteiger partial charge in [-0.25, -0.2) is 0 Å². The number of aromatic nitrogens is 1. The van der Waals surface area contributed by atoms with Gasteiger partial charge in [0.05, 0.1) is 12.8 Å². The number of nitrogens with zero attached hydrogens (tertiary/aromatic N) is 1. The zero-order valence-electron chi connectivity index (χ0n) is 9.80. The van der Waals surface area contributed by atoms with Crippen LogP contribution in [0.15, 0.2) is 18.3 Å². The number of ether oxygens (including phenoxy) is 1. The van der Waals surface area contributed by atoms with Crippen LogP contribution in [0.5, 0.6) is 5.75 Å². The van der Waals surface area contributed by atoms with E-state index in [9.17, 15) is 9.90 Å². The van der Waals surface area contributed by atoms with E-state index >= 15 is 0 Å². The molecule has 88 valence electrons. The molecular weight excluding hydrogens is 206 g/mol. The van der Waals surface area contributed by atoms with Gasteiger partial charge in [0, 0.05) is 6.20 Å². The Morgan fingerprint density at radius 1 is 1.56 bits per heavy atom. The molecule has 1 atom stereocenters. The Kier molecular flexibility index (Phi) is 4.28. The van der Waals surface area contributed by atoms with Gasteiger partial charge in [0.1, 0.15) is 11.7 Å². The van der Waals surface area contributed by atoms with Crippen molar-refractivity contribution in [1.29, 1.82) is 0 Å². The van der Waals surface area contributed by atoms with Crippen molar-refractivity contribution in [2.24, 2.45) is 5.92 Å². The van der Waals surface area contributed by atoms with Gasteiger partial charge in [0.25, 0.3) is 0 Å². The van der Waals surface area contributed by atoms with Crippen LogP contribution in [0.1, 0.15) is 31.9 Å². The van der Waals surface area contributed by atoms with E-state index in [2.05, 4.69) is 4.98 Å². The van der Waals surface area contributed by atoms with Gasteiger partial charge in [-0.05, 0) is 24.5 Å². The molecule has 1 N–H and O–H groups in total. The molecule has 0 radical (unpaired) electrons. The van der Waals surface area contributed by atoms with Crippen molar-refractivity contribution in [3.05, 3.63) is 24.0 Å². The maximum atomic E-state index is 11.2. The van der Waals surface area contributed by atoms with Crippen molar-refractivity contribution in [1.82, 2.24) is 4.98 Å². The fourth-order valence-electron chi connectivity index (χ4n) is 1.64. The topological polar surface area (TPSA) is 59.4 Å². The first kappa shape index (κ1) is 12.5. The zero-order chi connectivity index (χ0) is 12.1. The van der Waals surface area contributed by atoms with Crippen molar-refractivity contribution >= 4 is 5.97 Å². The van der Waals surface area contributed by atoms with Crippen LogP contribution < -0.4 is 4.74 Å². The number of carboxylic acid groups (broad SMARTS) is 1. The third-order valence-corrected chi connectivity index (χ3v) is 2.35. The summed E-state index contributed by atoms with van der Waals surface area (Å²) in [5.41, 5.74) is 0.506. The van der Waals surface area contributed by atoms with E-state index < -0.39 is 11.9 Å². The lowest BCUT2D eigenvalue weighted by Gasteiger charge is -2.16. The molecule has 1 aromatic heterocycles. The molecule has 0 aromatic carbocycles. The lowest BCUT2D eigenvalue weighted by molar-refractivity contribution is -0.139. The summed E-state index contributed by atoms with van der Waals surface area (Å²) in [6.45, 7) is 3.98. The highest BCUT2D eigenvalue weighted by Crippen LogP contribution is 2.29. The molecule has 4 nitrogen and oxygen atoms in total. The first-order valence-corrected chi connectivity index (χ1v) is 5.28. The molecule has 4 heteroatoms. The summed E-state index contributed by atoms with van der Waals surface area (Å²) in [6, 6.07) is 3.47. The Morgan fingerprint density at radius 2 is 2.25 bits per heavy atom. The molecular formula is C12H17NO3. The number of hydrogen-bond donors (Lipinski definition) is 1. The molecule has 0 fully saturated rings. The second-order valence-electron chi connectivity index (χ2n) is 4.11. The standard InChI is InChI=1S/C12H17NO3/c1-8(2)7-9(12(14)15)11-10(16-3)5-4-6-13-11/h4-6,8-9H,7H2,1-3H3,(H,14,15)/t9-/m1/s1. The third-order valence-electron chi connectivity index (χ3n) is 2.35. The summed E-state index contributed by atoms with van der Waals surface area (Å²) < 4.78 is 5.13. The van der Waals surface area contributed by atoms with Crippen LogP contribution in [0.2, 0.25) is 0 Å². The van der Waals surface area contributed by atoms with Crippen molar-refractivity contribution in [3.8, 4) is 5.75 Å². The van der Waals surface area contributed by atoms with Gasteiger partial charge in [0.2, 0.25) is 0 Å². The van der Waals surface area contributed by atoms with E-state index in [-0.39, 0.29) is 0 Å². The number of carbonyl (C=O) groups is 1. The summed E-state index contributed by atoms with van der Waals surface area (Å²) in [5.74, 6) is -0.620. The summed E-state index contributed by atoms with van der Waals surface area (Å²) >= 11 is 0. The van der Waals surface area contributed by atoms with E-state index in [1.165, 1.54) is 7.11 Å². The monoisotopic (exact) mass is 223 g/mol. The third kappa shape index (κ3) is 2.95. The maximum absolute atomic E-state index is 11.2. The van der Waals surface area contributed by atoms with Crippen LogP contribution in [0.25, 0.3) is 0 Å². The van der Waals surface area contributed by atoms with Gasteiger partial charge in [-0.2, -0.15) is 0 Å². The van der Waals surface area contributed by atoms with E-state index in [0.29, 0.717) is 23.8 Å². The molecule has 1 rings (SSSR count). The van der Waals surface area contributed by atoms with Crippen molar-refractivity contribution in [2.45, 2.75) is 26.2 Å². The average Bonchev–Trinajstić information content (AvgIpc) is 2.25. The lowest BCUT2D eigenvalue weighted by atomic mass is 9.93. The highest BCUT2D eigenvalue weighted by Gasteiger charge is 2.25. The quantitative estimate of drug-likeness (QED) is 0.832. The van der Waals surface area contributed by atoms with E-state index in [1.54, 1.807) is 18.3 Å². The molecule has 0 saturated heterocycles. The minimum absolute atomic E-state index is 0.299. The molecule has 0 amide bonds. The summed E-state index contributed by atoms with van der Waals surface area (Å²) in [5, 5.41) is 9.20. The SMILES string of the molecule is COc1cccnc1[C@@H](CC(C)C)C(=O)O. The van der Waals surface area contributed by atoms with Crippen LogP contribution in [0, 0.1) is 5.92 Å². The number of methoxy groups -OCH3 is 1. The summed E-state index contributed by atoms with van der Waals surface area (Å²) in [7, 11) is 1.52. The zero-order valence-corrected chi connectivity index (χ0v) is 9.80. The predicted octanol–water partition coefficient (Wildman–Crippen LogP) is 2.30. The molecule has 1 heterocycles. The molecule has 0 aliphatic rings. The van der Waals surface area contributed by atoms with Gasteiger partial charge in [0.15, 0.2) is 0 Å². The van der Waals surface area contributed by atoms with Crippen molar-refractivity contribution in [3.63, 3.8) is 0 Å². The Bertz CT molecular complexity index is 363. The first-order chi connectivity index (χ1) is 7.56. The molecule has 0 unspecified atom stereocenters. The van der Waals surface area contributed by atoms with E-state index in [0.717, 1.165) is 0 Å². The number of aliphatic carboxylic acids is 1. The number of pyridine rings is 1. The van der Waals surface area contributed by atoms with Gasteiger partial charge >= 0.3 is 5.97 Å². The molecule has 0 aliphatic heterocycles. The molecule has 1 aromatic rings.